The van der Waals surface area contributed by atoms with Gasteiger partial charge >= 0.3 is 12.1 Å². The quantitative estimate of drug-likeness (QED) is 0.108. The molecule has 41 heavy (non-hydrogen) atoms. The number of nitrogens with one attached hydrogen (secondary N) is 2. The first-order chi connectivity index (χ1) is 19.9. The van der Waals surface area contributed by atoms with Crippen LogP contribution in [0.25, 0.3) is 11.0 Å². The first-order valence-corrected chi connectivity index (χ1v) is 13.5. The van der Waals surface area contributed by atoms with Crippen molar-refractivity contribution in [1.29, 1.82) is 0 Å². The molecule has 0 aliphatic carbocycles. The molecule has 1 atom stereocenters. The Morgan fingerprint density at radius 3 is 2.66 bits per heavy atom. The molecule has 0 aliphatic rings. The van der Waals surface area contributed by atoms with Crippen LogP contribution in [-0.4, -0.2) is 49.7 Å². The van der Waals surface area contributed by atoms with Gasteiger partial charge in [-0.2, -0.15) is 5.10 Å². The number of anilines is 2. The van der Waals surface area contributed by atoms with Gasteiger partial charge in [0.1, 0.15) is 18.5 Å². The number of aryl methyl sites for hydroxylation is 3. The number of rotatable bonds is 11. The number of esters is 1. The second kappa shape index (κ2) is 14.0. The number of para-hydroxylation sites is 1. The molecule has 4 aromatic rings. The minimum Gasteiger partial charge on any atom is -0.456 e. The summed E-state index contributed by atoms with van der Waals surface area (Å²) in [6.45, 7) is 7.55. The molecule has 2 heterocycles. The molecule has 2 aromatic heterocycles. The standard InChI is InChI=1S/C30H34N6O5/c1-4-36-26(19-21(3)34-36)32-29-33-28-23(25(37)15-16-27(38)40-5-2)13-9-14-24(28)35(29)18-10-17-31-30(39)41-20-22-11-7-6-8-12-22/h6-9,11-14,19,25,37H,4-5,10,17-18,20H2,1-3H3,(H,31,39)(H,32,33). The first kappa shape index (κ1) is 29.2. The number of carbonyl (C=O) groups is 2. The van der Waals surface area contributed by atoms with E-state index in [1.54, 1.807) is 19.1 Å². The van der Waals surface area contributed by atoms with Crippen LogP contribution in [0, 0.1) is 18.8 Å². The molecule has 0 spiro atoms. The molecule has 0 saturated carbocycles. The molecule has 3 N–H and O–H groups in total. The lowest BCUT2D eigenvalue weighted by Crippen LogP contribution is -2.26. The van der Waals surface area contributed by atoms with E-state index in [-0.39, 0.29) is 13.2 Å². The molecule has 0 fully saturated rings. The molecular weight excluding hydrogens is 524 g/mol. The van der Waals surface area contributed by atoms with E-state index < -0.39 is 18.2 Å². The zero-order chi connectivity index (χ0) is 29.2. The molecule has 0 aliphatic heterocycles. The molecular formula is C30H34N6O5. The van der Waals surface area contributed by atoms with Gasteiger partial charge in [-0.15, -0.1) is 0 Å². The number of aliphatic hydroxyl groups is 1. The first-order valence-electron chi connectivity index (χ1n) is 13.5. The summed E-state index contributed by atoms with van der Waals surface area (Å²) in [6, 6.07) is 16.8. The number of nitrogens with zero attached hydrogens (tertiary/aromatic N) is 4. The third kappa shape index (κ3) is 7.64. The Balaban J connectivity index is 1.53. The summed E-state index contributed by atoms with van der Waals surface area (Å²) in [6.07, 6.45) is -1.15. The highest BCUT2D eigenvalue weighted by molar-refractivity contribution is 5.89. The summed E-state index contributed by atoms with van der Waals surface area (Å²) in [5.41, 5.74) is 3.53. The van der Waals surface area contributed by atoms with Gasteiger partial charge in [0, 0.05) is 37.2 Å². The third-order valence-corrected chi connectivity index (χ3v) is 6.17. The van der Waals surface area contributed by atoms with Gasteiger partial charge in [0.05, 0.1) is 23.3 Å². The largest absolute Gasteiger partial charge is 0.456 e. The van der Waals surface area contributed by atoms with Crippen LogP contribution < -0.4 is 10.6 Å². The van der Waals surface area contributed by atoms with Gasteiger partial charge in [-0.25, -0.2) is 19.3 Å². The van der Waals surface area contributed by atoms with Crippen LogP contribution in [0.1, 0.15) is 43.2 Å². The number of amides is 1. The third-order valence-electron chi connectivity index (χ3n) is 6.17. The summed E-state index contributed by atoms with van der Waals surface area (Å²) in [5, 5.41) is 21.5. The molecule has 1 unspecified atom stereocenters. The van der Waals surface area contributed by atoms with Crippen LogP contribution in [0.5, 0.6) is 0 Å². The fraction of sp³-hybridized carbons (Fsp3) is 0.333. The number of ether oxygens (including phenoxy) is 2. The second-order valence-corrected chi connectivity index (χ2v) is 9.15. The predicted molar refractivity (Wildman–Crippen MR) is 154 cm³/mol. The van der Waals surface area contributed by atoms with Crippen molar-refractivity contribution >= 4 is 34.9 Å². The SMILES string of the molecule is CCOC(=O)C#CC(O)c1cccc2c1nc(Nc1cc(C)nn1CC)n2CCCNC(=O)OCc1ccccc1. The Bertz CT molecular complexity index is 1550. The summed E-state index contributed by atoms with van der Waals surface area (Å²) in [5.74, 6) is 5.48. The Kier molecular flexibility index (Phi) is 9.96. The molecule has 0 bridgehead atoms. The number of alkyl carbamates (subject to hydrolysis) is 1. The van der Waals surface area contributed by atoms with Crippen LogP contribution in [-0.2, 0) is 34.0 Å². The highest BCUT2D eigenvalue weighted by atomic mass is 16.5. The van der Waals surface area contributed by atoms with Gasteiger partial charge in [-0.05, 0) is 38.8 Å². The van der Waals surface area contributed by atoms with Crippen LogP contribution in [0.15, 0.2) is 54.6 Å². The van der Waals surface area contributed by atoms with E-state index in [0.29, 0.717) is 43.1 Å². The summed E-state index contributed by atoms with van der Waals surface area (Å²) in [4.78, 5) is 28.7. The van der Waals surface area contributed by atoms with Gasteiger partial charge in [-0.3, -0.25) is 0 Å². The number of fused-ring (bicyclic) bond motifs is 1. The Morgan fingerprint density at radius 2 is 1.90 bits per heavy atom. The van der Waals surface area contributed by atoms with E-state index in [1.807, 2.05) is 65.6 Å². The number of imidazole rings is 1. The van der Waals surface area contributed by atoms with Crippen LogP contribution in [0.3, 0.4) is 0 Å². The van der Waals surface area contributed by atoms with Crippen molar-refractivity contribution in [3.63, 3.8) is 0 Å². The van der Waals surface area contributed by atoms with Gasteiger partial charge in [0.2, 0.25) is 5.95 Å². The fourth-order valence-corrected chi connectivity index (χ4v) is 4.29. The topological polar surface area (TPSA) is 133 Å². The van der Waals surface area contributed by atoms with Gasteiger partial charge in [0.25, 0.3) is 0 Å². The number of carbonyl (C=O) groups excluding carboxylic acids is 2. The molecule has 0 saturated heterocycles. The van der Waals surface area contributed by atoms with Crippen LogP contribution in [0.2, 0.25) is 0 Å². The van der Waals surface area contributed by atoms with Crippen molar-refractivity contribution in [1.82, 2.24) is 24.6 Å². The van der Waals surface area contributed by atoms with E-state index in [1.165, 1.54) is 0 Å². The number of aliphatic hydroxyl groups excluding tert-OH is 1. The highest BCUT2D eigenvalue weighted by Crippen LogP contribution is 2.29. The lowest BCUT2D eigenvalue weighted by molar-refractivity contribution is -0.136. The summed E-state index contributed by atoms with van der Waals surface area (Å²) in [7, 11) is 0. The van der Waals surface area contributed by atoms with Crippen LogP contribution in [0.4, 0.5) is 16.6 Å². The number of hydrogen-bond acceptors (Lipinski definition) is 8. The van der Waals surface area contributed by atoms with Crippen LogP contribution >= 0.6 is 0 Å². The number of benzene rings is 2. The maximum absolute atomic E-state index is 12.2. The van der Waals surface area contributed by atoms with Crippen molar-refractivity contribution in [3.8, 4) is 11.8 Å². The molecule has 214 valence electrons. The average molecular weight is 559 g/mol. The van der Waals surface area contributed by atoms with Gasteiger partial charge in [-0.1, -0.05) is 48.4 Å². The van der Waals surface area contributed by atoms with E-state index >= 15 is 0 Å². The van der Waals surface area contributed by atoms with Crippen molar-refractivity contribution in [2.75, 3.05) is 18.5 Å². The normalized spacial score (nSPS) is 11.4. The van der Waals surface area contributed by atoms with Crippen molar-refractivity contribution < 1.29 is 24.2 Å². The van der Waals surface area contributed by atoms with E-state index in [9.17, 15) is 14.7 Å². The van der Waals surface area contributed by atoms with E-state index in [4.69, 9.17) is 14.5 Å². The Hall–Kier alpha value is -4.82. The Labute approximate surface area is 238 Å². The maximum atomic E-state index is 12.2. The van der Waals surface area contributed by atoms with Gasteiger partial charge in [0.15, 0.2) is 0 Å². The molecule has 4 rings (SSSR count). The zero-order valence-corrected chi connectivity index (χ0v) is 23.4. The predicted octanol–water partition coefficient (Wildman–Crippen LogP) is 4.22. The molecule has 11 nitrogen and oxygen atoms in total. The van der Waals surface area contributed by atoms with E-state index in [2.05, 4.69) is 27.6 Å². The molecule has 2 aromatic carbocycles. The molecule has 11 heteroatoms. The lowest BCUT2D eigenvalue weighted by atomic mass is 10.1. The maximum Gasteiger partial charge on any atom is 0.407 e. The van der Waals surface area contributed by atoms with E-state index in [0.717, 1.165) is 22.6 Å². The summed E-state index contributed by atoms with van der Waals surface area (Å²) >= 11 is 0. The smallest absolute Gasteiger partial charge is 0.407 e. The second-order valence-electron chi connectivity index (χ2n) is 9.15. The van der Waals surface area contributed by atoms with Crippen molar-refractivity contribution in [2.45, 2.75) is 53.0 Å². The van der Waals surface area contributed by atoms with Crippen molar-refractivity contribution in [2.24, 2.45) is 0 Å². The molecule has 0 radical (unpaired) electrons. The summed E-state index contributed by atoms with van der Waals surface area (Å²) < 4.78 is 13.9. The zero-order valence-electron chi connectivity index (χ0n) is 23.4. The van der Waals surface area contributed by atoms with Crippen molar-refractivity contribution in [3.05, 3.63) is 71.4 Å². The minimum absolute atomic E-state index is 0.196. The molecule has 1 amide bonds. The number of hydrogen-bond donors (Lipinski definition) is 3. The number of aromatic nitrogens is 4. The highest BCUT2D eigenvalue weighted by Gasteiger charge is 2.18. The monoisotopic (exact) mass is 558 g/mol. The lowest BCUT2D eigenvalue weighted by Gasteiger charge is -2.12. The Morgan fingerprint density at radius 1 is 1.10 bits per heavy atom. The van der Waals surface area contributed by atoms with Gasteiger partial charge < -0.3 is 29.8 Å². The minimum atomic E-state index is -1.25. The average Bonchev–Trinajstić information content (AvgIpc) is 3.52. The fourth-order valence-electron chi connectivity index (χ4n) is 4.29.